The van der Waals surface area contributed by atoms with Crippen LogP contribution >= 0.6 is 11.6 Å². The van der Waals surface area contributed by atoms with E-state index in [1.807, 2.05) is 0 Å². The Bertz CT molecular complexity index is 821. The van der Waals surface area contributed by atoms with Crippen LogP contribution in [0.2, 0.25) is 5.02 Å². The first kappa shape index (κ1) is 16.5. The molecule has 0 bridgehead atoms. The van der Waals surface area contributed by atoms with Crippen LogP contribution in [0, 0.1) is 5.82 Å². The molecule has 0 aliphatic rings. The Kier molecular flexibility index (Phi) is 4.83. The van der Waals surface area contributed by atoms with Gasteiger partial charge in [-0.3, -0.25) is 4.79 Å². The first-order chi connectivity index (χ1) is 10.3. The van der Waals surface area contributed by atoms with Gasteiger partial charge in [-0.05, 0) is 35.9 Å². The van der Waals surface area contributed by atoms with Gasteiger partial charge in [0, 0.05) is 18.4 Å². The van der Waals surface area contributed by atoms with Crippen molar-refractivity contribution in [2.45, 2.75) is 11.4 Å². The van der Waals surface area contributed by atoms with Crippen LogP contribution in [-0.2, 0) is 16.4 Å². The number of rotatable bonds is 4. The van der Waals surface area contributed by atoms with Crippen LogP contribution in [0.15, 0.2) is 47.4 Å². The summed E-state index contributed by atoms with van der Waals surface area (Å²) in [6.45, 7) is 0.155. The van der Waals surface area contributed by atoms with Crippen molar-refractivity contribution in [3.63, 3.8) is 0 Å². The van der Waals surface area contributed by atoms with Gasteiger partial charge in [-0.15, -0.1) is 0 Å². The van der Waals surface area contributed by atoms with E-state index in [0.717, 1.165) is 6.26 Å². The summed E-state index contributed by atoms with van der Waals surface area (Å²) in [6, 6.07) is 9.89. The van der Waals surface area contributed by atoms with Gasteiger partial charge in [0.25, 0.3) is 5.91 Å². The molecular weight excluding hydrogens is 329 g/mol. The maximum Gasteiger partial charge on any atom is 0.251 e. The molecule has 0 saturated heterocycles. The SMILES string of the molecule is CS(=O)(=O)c1cccc(C(=O)NCc2ccc(F)c(Cl)c2)c1. The van der Waals surface area contributed by atoms with Crippen LogP contribution in [0.5, 0.6) is 0 Å². The molecule has 2 rings (SSSR count). The lowest BCUT2D eigenvalue weighted by Gasteiger charge is -2.07. The van der Waals surface area contributed by atoms with Crippen molar-refractivity contribution in [3.05, 3.63) is 64.4 Å². The van der Waals surface area contributed by atoms with Crippen LogP contribution < -0.4 is 5.32 Å². The van der Waals surface area contributed by atoms with Gasteiger partial charge in [-0.25, -0.2) is 12.8 Å². The van der Waals surface area contributed by atoms with Crippen LogP contribution in [0.4, 0.5) is 4.39 Å². The smallest absolute Gasteiger partial charge is 0.251 e. The van der Waals surface area contributed by atoms with Crippen molar-refractivity contribution in [2.75, 3.05) is 6.26 Å². The minimum absolute atomic E-state index is 0.0224. The fourth-order valence-corrected chi connectivity index (χ4v) is 2.67. The summed E-state index contributed by atoms with van der Waals surface area (Å²) in [6.07, 6.45) is 1.07. The van der Waals surface area contributed by atoms with Crippen LogP contribution in [0.1, 0.15) is 15.9 Å². The van der Waals surface area contributed by atoms with E-state index in [-0.39, 0.29) is 22.0 Å². The number of hydrogen-bond donors (Lipinski definition) is 1. The maximum absolute atomic E-state index is 13.0. The average Bonchev–Trinajstić information content (AvgIpc) is 2.47. The number of amides is 1. The maximum atomic E-state index is 13.0. The second-order valence-electron chi connectivity index (χ2n) is 4.73. The van der Waals surface area contributed by atoms with E-state index in [1.165, 1.54) is 42.5 Å². The van der Waals surface area contributed by atoms with Crippen molar-refractivity contribution in [3.8, 4) is 0 Å². The zero-order valence-electron chi connectivity index (χ0n) is 11.6. The van der Waals surface area contributed by atoms with Crippen molar-refractivity contribution >= 4 is 27.3 Å². The van der Waals surface area contributed by atoms with Crippen LogP contribution in [0.3, 0.4) is 0 Å². The topological polar surface area (TPSA) is 63.2 Å². The molecule has 7 heteroatoms. The summed E-state index contributed by atoms with van der Waals surface area (Å²) < 4.78 is 36.0. The Balaban J connectivity index is 2.11. The van der Waals surface area contributed by atoms with Gasteiger partial charge in [0.15, 0.2) is 9.84 Å². The largest absolute Gasteiger partial charge is 0.348 e. The Morgan fingerprint density at radius 3 is 2.59 bits per heavy atom. The van der Waals surface area contributed by atoms with Gasteiger partial charge in [-0.2, -0.15) is 0 Å². The fraction of sp³-hybridized carbons (Fsp3) is 0.133. The van der Waals surface area contributed by atoms with Crippen molar-refractivity contribution < 1.29 is 17.6 Å². The minimum Gasteiger partial charge on any atom is -0.348 e. The lowest BCUT2D eigenvalue weighted by atomic mass is 10.2. The Morgan fingerprint density at radius 1 is 1.23 bits per heavy atom. The third-order valence-electron chi connectivity index (χ3n) is 2.96. The number of benzene rings is 2. The van der Waals surface area contributed by atoms with Gasteiger partial charge in [0.1, 0.15) is 5.82 Å². The molecule has 0 aliphatic carbocycles. The summed E-state index contributed by atoms with van der Waals surface area (Å²) in [5.41, 5.74) is 0.871. The molecule has 0 spiro atoms. The standard InChI is InChI=1S/C15H13ClFNO3S/c1-22(20,21)12-4-2-3-11(8-12)15(19)18-9-10-5-6-14(17)13(16)7-10/h2-8H,9H2,1H3,(H,18,19). The molecule has 0 fully saturated rings. The summed E-state index contributed by atoms with van der Waals surface area (Å²) >= 11 is 5.66. The molecule has 0 aromatic heterocycles. The third kappa shape index (κ3) is 4.05. The molecule has 2 aromatic rings. The second-order valence-corrected chi connectivity index (χ2v) is 7.15. The lowest BCUT2D eigenvalue weighted by Crippen LogP contribution is -2.23. The van der Waals surface area contributed by atoms with Gasteiger partial charge in [0.2, 0.25) is 0 Å². The van der Waals surface area contributed by atoms with E-state index in [2.05, 4.69) is 5.32 Å². The van der Waals surface area contributed by atoms with E-state index in [9.17, 15) is 17.6 Å². The van der Waals surface area contributed by atoms with E-state index in [1.54, 1.807) is 0 Å². The third-order valence-corrected chi connectivity index (χ3v) is 4.36. The molecule has 0 unspecified atom stereocenters. The molecule has 0 radical (unpaired) electrons. The molecule has 0 aliphatic heterocycles. The highest BCUT2D eigenvalue weighted by atomic mass is 35.5. The predicted molar refractivity (Wildman–Crippen MR) is 82.1 cm³/mol. The molecular formula is C15H13ClFNO3S. The Morgan fingerprint density at radius 2 is 1.95 bits per heavy atom. The number of hydrogen-bond acceptors (Lipinski definition) is 3. The number of carbonyl (C=O) groups is 1. The molecule has 2 aromatic carbocycles. The highest BCUT2D eigenvalue weighted by Gasteiger charge is 2.11. The summed E-state index contributed by atoms with van der Waals surface area (Å²) in [5.74, 6) is -0.955. The minimum atomic E-state index is -3.38. The monoisotopic (exact) mass is 341 g/mol. The molecule has 0 heterocycles. The molecule has 1 N–H and O–H groups in total. The Labute approximate surface area is 132 Å². The molecule has 4 nitrogen and oxygen atoms in total. The molecule has 0 saturated carbocycles. The molecule has 0 atom stereocenters. The first-order valence-corrected chi connectivity index (χ1v) is 8.56. The van der Waals surface area contributed by atoms with Gasteiger partial charge in [-0.1, -0.05) is 23.7 Å². The number of sulfone groups is 1. The van der Waals surface area contributed by atoms with Gasteiger partial charge < -0.3 is 5.32 Å². The van der Waals surface area contributed by atoms with Crippen LogP contribution in [0.25, 0.3) is 0 Å². The highest BCUT2D eigenvalue weighted by Crippen LogP contribution is 2.16. The lowest BCUT2D eigenvalue weighted by molar-refractivity contribution is 0.0950. The zero-order valence-corrected chi connectivity index (χ0v) is 13.2. The Hall–Kier alpha value is -1.92. The molecule has 1 amide bonds. The quantitative estimate of drug-likeness (QED) is 0.930. The second kappa shape index (κ2) is 6.46. The average molecular weight is 342 g/mol. The van der Waals surface area contributed by atoms with E-state index in [0.29, 0.717) is 5.56 Å². The van der Waals surface area contributed by atoms with Gasteiger partial charge >= 0.3 is 0 Å². The first-order valence-electron chi connectivity index (χ1n) is 6.29. The van der Waals surface area contributed by atoms with Gasteiger partial charge in [0.05, 0.1) is 9.92 Å². The fourth-order valence-electron chi connectivity index (χ4n) is 1.80. The van der Waals surface area contributed by atoms with Crippen molar-refractivity contribution in [1.29, 1.82) is 0 Å². The predicted octanol–water partition coefficient (Wildman–Crippen LogP) is 2.81. The van der Waals surface area contributed by atoms with E-state index in [4.69, 9.17) is 11.6 Å². The summed E-state index contributed by atoms with van der Waals surface area (Å²) in [4.78, 5) is 12.1. The summed E-state index contributed by atoms with van der Waals surface area (Å²) in [7, 11) is -3.38. The van der Waals surface area contributed by atoms with E-state index >= 15 is 0 Å². The summed E-state index contributed by atoms with van der Waals surface area (Å²) in [5, 5.41) is 2.60. The normalized spacial score (nSPS) is 11.2. The van der Waals surface area contributed by atoms with Crippen molar-refractivity contribution in [1.82, 2.24) is 5.32 Å². The zero-order chi connectivity index (χ0) is 16.3. The number of carbonyl (C=O) groups excluding carboxylic acids is 1. The number of nitrogens with one attached hydrogen (secondary N) is 1. The highest BCUT2D eigenvalue weighted by molar-refractivity contribution is 7.90. The number of halogens is 2. The van der Waals surface area contributed by atoms with Crippen LogP contribution in [-0.4, -0.2) is 20.6 Å². The van der Waals surface area contributed by atoms with E-state index < -0.39 is 21.6 Å². The van der Waals surface area contributed by atoms with Crippen molar-refractivity contribution in [2.24, 2.45) is 0 Å². The molecule has 22 heavy (non-hydrogen) atoms. The molecule has 116 valence electrons.